The van der Waals surface area contributed by atoms with Crippen LogP contribution in [0.3, 0.4) is 0 Å². The number of piperazine rings is 1. The minimum absolute atomic E-state index is 0.282. The first-order valence-electron chi connectivity index (χ1n) is 7.33. The smallest absolute Gasteiger partial charge is 0.0556 e. The lowest BCUT2D eigenvalue weighted by Crippen LogP contribution is -2.53. The van der Waals surface area contributed by atoms with E-state index in [1.165, 1.54) is 11.3 Å². The summed E-state index contributed by atoms with van der Waals surface area (Å²) < 4.78 is 0. The highest BCUT2D eigenvalue weighted by Crippen LogP contribution is 2.23. The van der Waals surface area contributed by atoms with Crippen molar-refractivity contribution in [1.82, 2.24) is 9.88 Å². The Labute approximate surface area is 117 Å². The highest BCUT2D eigenvalue weighted by Gasteiger charge is 2.25. The van der Waals surface area contributed by atoms with Gasteiger partial charge in [0.15, 0.2) is 0 Å². The maximum absolute atomic E-state index is 4.39. The van der Waals surface area contributed by atoms with Crippen molar-refractivity contribution in [2.75, 3.05) is 31.1 Å². The molecule has 0 aliphatic carbocycles. The predicted molar refractivity (Wildman–Crippen MR) is 81.9 cm³/mol. The Kier molecular flexibility index (Phi) is 4.14. The SMILES string of the molecule is CC(C)c1cncc(N2CCN(C(C)(C)C)CC2)c1. The Morgan fingerprint density at radius 1 is 1.05 bits per heavy atom. The summed E-state index contributed by atoms with van der Waals surface area (Å²) in [5.41, 5.74) is 2.89. The molecule has 0 saturated carbocycles. The van der Waals surface area contributed by atoms with Crippen LogP contribution in [0.4, 0.5) is 5.69 Å². The van der Waals surface area contributed by atoms with Crippen molar-refractivity contribution >= 4 is 5.69 Å². The minimum Gasteiger partial charge on any atom is -0.368 e. The molecule has 1 aliphatic rings. The van der Waals surface area contributed by atoms with Gasteiger partial charge < -0.3 is 4.90 Å². The first kappa shape index (κ1) is 14.3. The van der Waals surface area contributed by atoms with Gasteiger partial charge in [-0.1, -0.05) is 13.8 Å². The van der Waals surface area contributed by atoms with E-state index in [-0.39, 0.29) is 5.54 Å². The van der Waals surface area contributed by atoms with E-state index in [0.29, 0.717) is 5.92 Å². The van der Waals surface area contributed by atoms with Crippen LogP contribution in [-0.2, 0) is 0 Å². The zero-order chi connectivity index (χ0) is 14.0. The fourth-order valence-electron chi connectivity index (χ4n) is 2.57. The van der Waals surface area contributed by atoms with Gasteiger partial charge in [-0.15, -0.1) is 0 Å². The first-order valence-corrected chi connectivity index (χ1v) is 7.33. The molecule has 2 heterocycles. The van der Waals surface area contributed by atoms with Gasteiger partial charge >= 0.3 is 0 Å². The van der Waals surface area contributed by atoms with Crippen LogP contribution >= 0.6 is 0 Å². The summed E-state index contributed by atoms with van der Waals surface area (Å²) in [6.45, 7) is 15.8. The zero-order valence-corrected chi connectivity index (χ0v) is 13.0. The van der Waals surface area contributed by atoms with E-state index < -0.39 is 0 Å². The lowest BCUT2D eigenvalue weighted by atomic mass is 10.0. The molecule has 0 spiro atoms. The van der Waals surface area contributed by atoms with Gasteiger partial charge in [0.25, 0.3) is 0 Å². The number of hydrogen-bond donors (Lipinski definition) is 0. The van der Waals surface area contributed by atoms with E-state index in [2.05, 4.69) is 55.5 Å². The molecule has 1 aromatic rings. The predicted octanol–water partition coefficient (Wildman–Crippen LogP) is 3.13. The van der Waals surface area contributed by atoms with E-state index in [0.717, 1.165) is 26.2 Å². The molecule has 0 bridgehead atoms. The van der Waals surface area contributed by atoms with Crippen molar-refractivity contribution in [2.45, 2.75) is 46.1 Å². The van der Waals surface area contributed by atoms with Crippen LogP contribution in [0.15, 0.2) is 18.5 Å². The van der Waals surface area contributed by atoms with Crippen molar-refractivity contribution in [3.05, 3.63) is 24.0 Å². The quantitative estimate of drug-likeness (QED) is 0.815. The Morgan fingerprint density at radius 3 is 2.21 bits per heavy atom. The standard InChI is InChI=1S/C16H27N3/c1-13(2)14-10-15(12-17-11-14)18-6-8-19(9-7-18)16(3,4)5/h10-13H,6-9H2,1-5H3. The average molecular weight is 261 g/mol. The van der Waals surface area contributed by atoms with Crippen LogP contribution in [0.5, 0.6) is 0 Å². The van der Waals surface area contributed by atoms with Gasteiger partial charge in [-0.3, -0.25) is 9.88 Å². The average Bonchev–Trinajstić information content (AvgIpc) is 2.38. The molecule has 106 valence electrons. The van der Waals surface area contributed by atoms with Gasteiger partial charge in [0.05, 0.1) is 11.9 Å². The summed E-state index contributed by atoms with van der Waals surface area (Å²) in [6, 6.07) is 2.30. The van der Waals surface area contributed by atoms with E-state index in [9.17, 15) is 0 Å². The van der Waals surface area contributed by atoms with Crippen LogP contribution in [0.25, 0.3) is 0 Å². The largest absolute Gasteiger partial charge is 0.368 e. The molecule has 1 aromatic heterocycles. The summed E-state index contributed by atoms with van der Waals surface area (Å²) in [4.78, 5) is 9.41. The third-order valence-corrected chi connectivity index (χ3v) is 4.01. The van der Waals surface area contributed by atoms with E-state index in [4.69, 9.17) is 0 Å². The number of hydrogen-bond acceptors (Lipinski definition) is 3. The fourth-order valence-corrected chi connectivity index (χ4v) is 2.57. The molecule has 0 aromatic carbocycles. The third-order valence-electron chi connectivity index (χ3n) is 4.01. The number of aromatic nitrogens is 1. The molecule has 0 N–H and O–H groups in total. The second-order valence-corrected chi connectivity index (χ2v) is 6.78. The minimum atomic E-state index is 0.282. The Bertz CT molecular complexity index is 412. The third kappa shape index (κ3) is 3.47. The molecule has 1 fully saturated rings. The summed E-state index contributed by atoms with van der Waals surface area (Å²) in [5, 5.41) is 0. The van der Waals surface area contributed by atoms with Crippen LogP contribution in [0.2, 0.25) is 0 Å². The maximum atomic E-state index is 4.39. The topological polar surface area (TPSA) is 19.4 Å². The second kappa shape index (κ2) is 5.49. The Hall–Kier alpha value is -1.09. The zero-order valence-electron chi connectivity index (χ0n) is 13.0. The van der Waals surface area contributed by atoms with Crippen molar-refractivity contribution in [3.63, 3.8) is 0 Å². The van der Waals surface area contributed by atoms with Crippen molar-refractivity contribution in [1.29, 1.82) is 0 Å². The first-order chi connectivity index (χ1) is 8.88. The highest BCUT2D eigenvalue weighted by atomic mass is 15.3. The fraction of sp³-hybridized carbons (Fsp3) is 0.688. The summed E-state index contributed by atoms with van der Waals surface area (Å²) in [7, 11) is 0. The van der Waals surface area contributed by atoms with Gasteiger partial charge in [-0.25, -0.2) is 0 Å². The van der Waals surface area contributed by atoms with E-state index >= 15 is 0 Å². The van der Waals surface area contributed by atoms with Gasteiger partial charge in [-0.05, 0) is 38.3 Å². The lowest BCUT2D eigenvalue weighted by molar-refractivity contribution is 0.128. The number of nitrogens with zero attached hydrogens (tertiary/aromatic N) is 3. The Balaban J connectivity index is 2.03. The number of pyridine rings is 1. The Morgan fingerprint density at radius 2 is 1.68 bits per heavy atom. The van der Waals surface area contributed by atoms with E-state index in [1.54, 1.807) is 0 Å². The molecule has 0 unspecified atom stereocenters. The van der Waals surface area contributed by atoms with Crippen molar-refractivity contribution in [3.8, 4) is 0 Å². The highest BCUT2D eigenvalue weighted by molar-refractivity contribution is 5.47. The number of anilines is 1. The summed E-state index contributed by atoms with van der Waals surface area (Å²) in [6.07, 6.45) is 3.98. The van der Waals surface area contributed by atoms with Crippen molar-refractivity contribution < 1.29 is 0 Å². The van der Waals surface area contributed by atoms with Crippen LogP contribution < -0.4 is 4.90 Å². The monoisotopic (exact) mass is 261 g/mol. The molecule has 3 heteroatoms. The molecular weight excluding hydrogens is 234 g/mol. The van der Waals surface area contributed by atoms with Crippen molar-refractivity contribution in [2.24, 2.45) is 0 Å². The van der Waals surface area contributed by atoms with Gasteiger partial charge in [0.2, 0.25) is 0 Å². The normalized spacial score (nSPS) is 18.1. The van der Waals surface area contributed by atoms with Crippen LogP contribution in [-0.4, -0.2) is 41.6 Å². The lowest BCUT2D eigenvalue weighted by Gasteiger charge is -2.43. The molecule has 0 atom stereocenters. The maximum Gasteiger partial charge on any atom is 0.0556 e. The molecule has 19 heavy (non-hydrogen) atoms. The molecule has 0 radical (unpaired) electrons. The molecule has 3 nitrogen and oxygen atoms in total. The van der Waals surface area contributed by atoms with Gasteiger partial charge in [0.1, 0.15) is 0 Å². The summed E-state index contributed by atoms with van der Waals surface area (Å²) >= 11 is 0. The molecule has 2 rings (SSSR count). The summed E-state index contributed by atoms with van der Waals surface area (Å²) in [5.74, 6) is 0.545. The molecule has 1 aliphatic heterocycles. The molecule has 1 saturated heterocycles. The van der Waals surface area contributed by atoms with Gasteiger partial charge in [-0.2, -0.15) is 0 Å². The van der Waals surface area contributed by atoms with Crippen LogP contribution in [0, 0.1) is 0 Å². The second-order valence-electron chi connectivity index (χ2n) is 6.78. The van der Waals surface area contributed by atoms with Crippen LogP contribution in [0.1, 0.15) is 46.1 Å². The number of rotatable bonds is 2. The molecular formula is C16H27N3. The van der Waals surface area contributed by atoms with Gasteiger partial charge in [0, 0.05) is 37.9 Å². The molecule has 0 amide bonds. The van der Waals surface area contributed by atoms with E-state index in [1.807, 2.05) is 12.4 Å².